The van der Waals surface area contributed by atoms with Gasteiger partial charge in [-0.3, -0.25) is 4.90 Å². The first-order valence-electron chi connectivity index (χ1n) is 8.01. The molecule has 6 nitrogen and oxygen atoms in total. The van der Waals surface area contributed by atoms with Gasteiger partial charge in [-0.25, -0.2) is 4.68 Å². The molecule has 0 amide bonds. The predicted molar refractivity (Wildman–Crippen MR) is 83.1 cm³/mol. The molecular weight excluding hydrogens is 278 g/mol. The van der Waals surface area contributed by atoms with E-state index in [1.165, 1.54) is 11.1 Å². The lowest BCUT2D eigenvalue weighted by molar-refractivity contribution is 0.137. The summed E-state index contributed by atoms with van der Waals surface area (Å²) in [6.07, 6.45) is 3.20. The normalized spacial score (nSPS) is 17.1. The highest BCUT2D eigenvalue weighted by atomic mass is 16.3. The molecule has 3 rings (SSSR count). The van der Waals surface area contributed by atoms with E-state index in [2.05, 4.69) is 51.6 Å². The zero-order valence-corrected chi connectivity index (χ0v) is 13.0. The van der Waals surface area contributed by atoms with Gasteiger partial charge in [0.25, 0.3) is 0 Å². The lowest BCUT2D eigenvalue weighted by atomic mass is 10.1. The summed E-state index contributed by atoms with van der Waals surface area (Å²) in [5, 5.41) is 21.5. The lowest BCUT2D eigenvalue weighted by Gasteiger charge is -2.28. The van der Waals surface area contributed by atoms with Gasteiger partial charge in [-0.15, -0.1) is 5.10 Å². The number of aromatic nitrogens is 4. The Labute approximate surface area is 130 Å². The highest BCUT2D eigenvalue weighted by Gasteiger charge is 2.28. The number of aliphatic hydroxyl groups is 1. The van der Waals surface area contributed by atoms with E-state index in [0.717, 1.165) is 31.6 Å². The highest BCUT2D eigenvalue weighted by Crippen LogP contribution is 2.35. The van der Waals surface area contributed by atoms with Gasteiger partial charge in [0.1, 0.15) is 0 Å². The zero-order chi connectivity index (χ0) is 15.4. The van der Waals surface area contributed by atoms with Crippen molar-refractivity contribution in [1.29, 1.82) is 0 Å². The van der Waals surface area contributed by atoms with Crippen molar-refractivity contribution in [1.82, 2.24) is 25.1 Å². The molecule has 0 spiro atoms. The fourth-order valence-electron chi connectivity index (χ4n) is 3.29. The fraction of sp³-hybridized carbons (Fsp3) is 0.562. The standard InChI is InChI=1S/C16H23N5O/c1-2-9-21-16(17-18-19-21)12-20(10-11-22)15-8-7-13-5-3-4-6-14(13)15/h3-6,15,22H,2,7-12H2,1H3. The maximum atomic E-state index is 9.45. The summed E-state index contributed by atoms with van der Waals surface area (Å²) < 4.78 is 1.87. The summed E-state index contributed by atoms with van der Waals surface area (Å²) in [4.78, 5) is 2.30. The quantitative estimate of drug-likeness (QED) is 0.841. The average molecular weight is 301 g/mol. The zero-order valence-electron chi connectivity index (χ0n) is 13.0. The third kappa shape index (κ3) is 3.03. The Kier molecular flexibility index (Phi) is 4.80. The van der Waals surface area contributed by atoms with Gasteiger partial charge in [0.05, 0.1) is 13.2 Å². The van der Waals surface area contributed by atoms with Crippen LogP contribution in [0.25, 0.3) is 0 Å². The average Bonchev–Trinajstić information content (AvgIpc) is 3.14. The third-order valence-corrected chi connectivity index (χ3v) is 4.32. The van der Waals surface area contributed by atoms with E-state index in [9.17, 15) is 5.11 Å². The third-order valence-electron chi connectivity index (χ3n) is 4.32. The minimum Gasteiger partial charge on any atom is -0.395 e. The van der Waals surface area contributed by atoms with Crippen LogP contribution in [0.1, 0.15) is 42.8 Å². The molecule has 0 radical (unpaired) electrons. The molecule has 0 bridgehead atoms. The Morgan fingerprint density at radius 1 is 1.36 bits per heavy atom. The van der Waals surface area contributed by atoms with Crippen LogP contribution in [-0.4, -0.2) is 43.4 Å². The summed E-state index contributed by atoms with van der Waals surface area (Å²) in [5.74, 6) is 0.875. The monoisotopic (exact) mass is 301 g/mol. The molecular formula is C16H23N5O. The Bertz CT molecular complexity index is 612. The van der Waals surface area contributed by atoms with Crippen LogP contribution in [0.3, 0.4) is 0 Å². The van der Waals surface area contributed by atoms with E-state index < -0.39 is 0 Å². The predicted octanol–water partition coefficient (Wildman–Crippen LogP) is 1.56. The molecule has 0 fully saturated rings. The SMILES string of the molecule is CCCn1nnnc1CN(CCO)C1CCc2ccccc21. The minimum atomic E-state index is 0.147. The van der Waals surface area contributed by atoms with Crippen molar-refractivity contribution >= 4 is 0 Å². The van der Waals surface area contributed by atoms with Crippen molar-refractivity contribution < 1.29 is 5.11 Å². The first kappa shape index (κ1) is 15.1. The molecule has 1 aromatic heterocycles. The van der Waals surface area contributed by atoms with E-state index in [4.69, 9.17) is 0 Å². The van der Waals surface area contributed by atoms with Crippen LogP contribution in [0.4, 0.5) is 0 Å². The summed E-state index contributed by atoms with van der Waals surface area (Å²) >= 11 is 0. The number of aryl methyl sites for hydroxylation is 2. The van der Waals surface area contributed by atoms with Gasteiger partial charge in [-0.05, 0) is 40.8 Å². The second-order valence-corrected chi connectivity index (χ2v) is 5.77. The first-order chi connectivity index (χ1) is 10.8. The molecule has 1 atom stereocenters. The number of fused-ring (bicyclic) bond motifs is 1. The van der Waals surface area contributed by atoms with Crippen molar-refractivity contribution in [3.8, 4) is 0 Å². The van der Waals surface area contributed by atoms with E-state index in [1.54, 1.807) is 0 Å². The number of hydrogen-bond donors (Lipinski definition) is 1. The fourth-order valence-corrected chi connectivity index (χ4v) is 3.29. The van der Waals surface area contributed by atoms with Crippen molar-refractivity contribution in [2.45, 2.75) is 45.3 Å². The Morgan fingerprint density at radius 3 is 3.05 bits per heavy atom. The molecule has 0 aliphatic heterocycles. The van der Waals surface area contributed by atoms with Crippen LogP contribution in [0.15, 0.2) is 24.3 Å². The van der Waals surface area contributed by atoms with Crippen molar-refractivity contribution in [2.75, 3.05) is 13.2 Å². The number of aliphatic hydroxyl groups excluding tert-OH is 1. The van der Waals surface area contributed by atoms with Gasteiger partial charge in [-0.2, -0.15) is 0 Å². The van der Waals surface area contributed by atoms with Crippen molar-refractivity contribution in [3.05, 3.63) is 41.2 Å². The Morgan fingerprint density at radius 2 is 2.23 bits per heavy atom. The van der Waals surface area contributed by atoms with Crippen LogP contribution in [0.2, 0.25) is 0 Å². The van der Waals surface area contributed by atoms with Gasteiger partial charge < -0.3 is 5.11 Å². The number of hydrogen-bond acceptors (Lipinski definition) is 5. The second-order valence-electron chi connectivity index (χ2n) is 5.77. The lowest BCUT2D eigenvalue weighted by Crippen LogP contribution is -2.31. The van der Waals surface area contributed by atoms with Crippen molar-refractivity contribution in [3.63, 3.8) is 0 Å². The number of tetrazole rings is 1. The molecule has 0 saturated heterocycles. The largest absolute Gasteiger partial charge is 0.395 e. The molecule has 0 saturated carbocycles. The Hall–Kier alpha value is -1.79. The summed E-state index contributed by atoms with van der Waals surface area (Å²) in [6, 6.07) is 8.93. The van der Waals surface area contributed by atoms with E-state index in [1.807, 2.05) is 4.68 Å². The Balaban J connectivity index is 1.80. The summed E-state index contributed by atoms with van der Waals surface area (Å²) in [7, 11) is 0. The second kappa shape index (κ2) is 6.98. The van der Waals surface area contributed by atoms with Crippen LogP contribution >= 0.6 is 0 Å². The maximum absolute atomic E-state index is 9.45. The van der Waals surface area contributed by atoms with Gasteiger partial charge in [0.15, 0.2) is 5.82 Å². The van der Waals surface area contributed by atoms with Gasteiger partial charge in [0, 0.05) is 19.1 Å². The summed E-state index contributed by atoms with van der Waals surface area (Å²) in [6.45, 7) is 4.40. The molecule has 1 aliphatic carbocycles. The molecule has 22 heavy (non-hydrogen) atoms. The van der Waals surface area contributed by atoms with Gasteiger partial charge in [-0.1, -0.05) is 31.2 Å². The number of nitrogens with zero attached hydrogens (tertiary/aromatic N) is 5. The van der Waals surface area contributed by atoms with Crippen LogP contribution < -0.4 is 0 Å². The maximum Gasteiger partial charge on any atom is 0.165 e. The van der Waals surface area contributed by atoms with Crippen molar-refractivity contribution in [2.24, 2.45) is 0 Å². The van der Waals surface area contributed by atoms with E-state index >= 15 is 0 Å². The van der Waals surface area contributed by atoms with Crippen LogP contribution in [-0.2, 0) is 19.5 Å². The number of rotatable bonds is 7. The minimum absolute atomic E-state index is 0.147. The van der Waals surface area contributed by atoms with Crippen LogP contribution in [0, 0.1) is 0 Å². The smallest absolute Gasteiger partial charge is 0.165 e. The highest BCUT2D eigenvalue weighted by molar-refractivity contribution is 5.34. The van der Waals surface area contributed by atoms with E-state index in [-0.39, 0.29) is 6.61 Å². The molecule has 2 aromatic rings. The number of benzene rings is 1. The molecule has 1 aromatic carbocycles. The molecule has 1 N–H and O–H groups in total. The first-order valence-corrected chi connectivity index (χ1v) is 8.01. The van der Waals surface area contributed by atoms with Crippen LogP contribution in [0.5, 0.6) is 0 Å². The van der Waals surface area contributed by atoms with Gasteiger partial charge in [0.2, 0.25) is 0 Å². The molecule has 1 aliphatic rings. The molecule has 1 unspecified atom stereocenters. The summed E-state index contributed by atoms with van der Waals surface area (Å²) in [5.41, 5.74) is 2.80. The van der Waals surface area contributed by atoms with Gasteiger partial charge >= 0.3 is 0 Å². The molecule has 1 heterocycles. The topological polar surface area (TPSA) is 67.1 Å². The van der Waals surface area contributed by atoms with E-state index in [0.29, 0.717) is 19.1 Å². The molecule has 118 valence electrons. The molecule has 6 heteroatoms.